The maximum Gasteiger partial charge on any atom is 0.225 e. The number of hydrogen-bond donors (Lipinski definition) is 2. The molecule has 1 fully saturated rings. The van der Waals surface area contributed by atoms with E-state index in [0.29, 0.717) is 17.9 Å². The lowest BCUT2D eigenvalue weighted by atomic mass is 9.85. The molecule has 1 aliphatic carbocycles. The van der Waals surface area contributed by atoms with Crippen LogP contribution in [0.4, 0.5) is 11.8 Å². The van der Waals surface area contributed by atoms with Crippen LogP contribution in [0.2, 0.25) is 0 Å². The standard InChI is InChI=1S/C31H37N5/c1-36(2)30-27-15-9-10-16-29(27)34-31(35-30)33-26-19-17-23(18-20-26)21-32-22-28(24-11-5-3-6-12-24)25-13-7-4-8-14-25/h3-16,23,26,28,32H,17-22H2,1-2H3,(H,33,34,35)/t23-,26+. The second-order valence-electron chi connectivity index (χ2n) is 10.2. The third-order valence-electron chi connectivity index (χ3n) is 7.37. The fourth-order valence-corrected chi connectivity index (χ4v) is 5.39. The number of nitrogens with zero attached hydrogens (tertiary/aromatic N) is 3. The zero-order valence-electron chi connectivity index (χ0n) is 21.4. The van der Waals surface area contributed by atoms with Crippen LogP contribution >= 0.6 is 0 Å². The average molecular weight is 480 g/mol. The van der Waals surface area contributed by atoms with Crippen LogP contribution in [0, 0.1) is 5.92 Å². The summed E-state index contributed by atoms with van der Waals surface area (Å²) >= 11 is 0. The molecule has 1 aliphatic rings. The molecule has 36 heavy (non-hydrogen) atoms. The molecule has 0 spiro atoms. The van der Waals surface area contributed by atoms with Crippen LogP contribution in [0.3, 0.4) is 0 Å². The van der Waals surface area contributed by atoms with E-state index in [-0.39, 0.29) is 0 Å². The first kappa shape index (κ1) is 24.3. The second-order valence-corrected chi connectivity index (χ2v) is 10.2. The molecular formula is C31H37N5. The summed E-state index contributed by atoms with van der Waals surface area (Å²) in [6, 6.07) is 30.4. The van der Waals surface area contributed by atoms with E-state index in [9.17, 15) is 0 Å². The Hall–Kier alpha value is -3.44. The van der Waals surface area contributed by atoms with Crippen LogP contribution in [0.15, 0.2) is 84.9 Å². The predicted octanol–water partition coefficient (Wildman–Crippen LogP) is 6.09. The highest BCUT2D eigenvalue weighted by Crippen LogP contribution is 2.29. The summed E-state index contributed by atoms with van der Waals surface area (Å²) in [4.78, 5) is 11.7. The Labute approximate surface area is 215 Å². The summed E-state index contributed by atoms with van der Waals surface area (Å²) in [5.41, 5.74) is 3.73. The Morgan fingerprint density at radius 1 is 0.778 bits per heavy atom. The normalized spacial score (nSPS) is 17.9. The van der Waals surface area contributed by atoms with Gasteiger partial charge in [-0.1, -0.05) is 72.8 Å². The van der Waals surface area contributed by atoms with Crippen LogP contribution < -0.4 is 15.5 Å². The summed E-state index contributed by atoms with van der Waals surface area (Å²) in [5, 5.41) is 8.53. The van der Waals surface area contributed by atoms with E-state index >= 15 is 0 Å². The molecule has 1 saturated carbocycles. The SMILES string of the molecule is CN(C)c1nc(N[C@H]2CC[C@@H](CNCC(c3ccccc3)c3ccccc3)CC2)nc2ccccc12. The van der Waals surface area contributed by atoms with Gasteiger partial charge in [-0.15, -0.1) is 0 Å². The predicted molar refractivity (Wildman–Crippen MR) is 151 cm³/mol. The molecule has 0 unspecified atom stereocenters. The van der Waals surface area contributed by atoms with E-state index in [1.54, 1.807) is 0 Å². The van der Waals surface area contributed by atoms with Crippen molar-refractivity contribution in [2.45, 2.75) is 37.6 Å². The minimum atomic E-state index is 0.376. The van der Waals surface area contributed by atoms with E-state index < -0.39 is 0 Å². The second kappa shape index (κ2) is 11.5. The lowest BCUT2D eigenvalue weighted by Gasteiger charge is -2.30. The molecule has 0 aliphatic heterocycles. The summed E-state index contributed by atoms with van der Waals surface area (Å²) in [7, 11) is 4.08. The Bertz CT molecular complexity index is 1190. The molecule has 3 aromatic carbocycles. The van der Waals surface area contributed by atoms with Crippen LogP contribution in [-0.4, -0.2) is 43.2 Å². The van der Waals surface area contributed by atoms with Gasteiger partial charge in [0.2, 0.25) is 5.95 Å². The fourth-order valence-electron chi connectivity index (χ4n) is 5.39. The van der Waals surface area contributed by atoms with Crippen molar-refractivity contribution >= 4 is 22.7 Å². The van der Waals surface area contributed by atoms with E-state index in [4.69, 9.17) is 9.97 Å². The highest BCUT2D eigenvalue weighted by Gasteiger charge is 2.23. The molecule has 0 amide bonds. The lowest BCUT2D eigenvalue weighted by Crippen LogP contribution is -2.33. The van der Waals surface area contributed by atoms with Crippen molar-refractivity contribution < 1.29 is 0 Å². The number of para-hydroxylation sites is 1. The van der Waals surface area contributed by atoms with Crippen molar-refractivity contribution in [1.82, 2.24) is 15.3 Å². The van der Waals surface area contributed by atoms with Crippen LogP contribution in [0.25, 0.3) is 10.9 Å². The Morgan fingerprint density at radius 3 is 2.03 bits per heavy atom. The van der Waals surface area contributed by atoms with Gasteiger partial charge in [-0.3, -0.25) is 0 Å². The highest BCUT2D eigenvalue weighted by atomic mass is 15.2. The maximum atomic E-state index is 4.83. The first-order chi connectivity index (χ1) is 17.7. The van der Waals surface area contributed by atoms with Gasteiger partial charge in [0.1, 0.15) is 5.82 Å². The number of aromatic nitrogens is 2. The molecular weight excluding hydrogens is 442 g/mol. The van der Waals surface area contributed by atoms with E-state index in [0.717, 1.165) is 48.6 Å². The molecule has 0 atom stereocenters. The largest absolute Gasteiger partial charge is 0.362 e. The third-order valence-corrected chi connectivity index (χ3v) is 7.37. The Morgan fingerprint density at radius 2 is 1.39 bits per heavy atom. The topological polar surface area (TPSA) is 53.1 Å². The molecule has 5 rings (SSSR count). The molecule has 2 N–H and O–H groups in total. The van der Waals surface area contributed by atoms with Gasteiger partial charge in [0.15, 0.2) is 0 Å². The molecule has 0 saturated heterocycles. The first-order valence-corrected chi connectivity index (χ1v) is 13.2. The minimum Gasteiger partial charge on any atom is -0.362 e. The van der Waals surface area contributed by atoms with Gasteiger partial charge in [-0.25, -0.2) is 4.98 Å². The number of fused-ring (bicyclic) bond motifs is 1. The highest BCUT2D eigenvalue weighted by molar-refractivity contribution is 5.90. The molecule has 1 heterocycles. The number of hydrogen-bond acceptors (Lipinski definition) is 5. The van der Waals surface area contributed by atoms with Crippen molar-refractivity contribution in [1.29, 1.82) is 0 Å². The maximum absolute atomic E-state index is 4.83. The van der Waals surface area contributed by atoms with E-state index in [1.807, 2.05) is 26.2 Å². The summed E-state index contributed by atoms with van der Waals surface area (Å²) in [5.74, 6) is 2.80. The first-order valence-electron chi connectivity index (χ1n) is 13.2. The van der Waals surface area contributed by atoms with E-state index in [1.165, 1.54) is 24.0 Å². The Kier molecular flexibility index (Phi) is 7.77. The number of rotatable bonds is 9. The van der Waals surface area contributed by atoms with Gasteiger partial charge >= 0.3 is 0 Å². The average Bonchev–Trinajstić information content (AvgIpc) is 2.92. The number of benzene rings is 3. The minimum absolute atomic E-state index is 0.376. The van der Waals surface area contributed by atoms with Gasteiger partial charge in [-0.2, -0.15) is 4.98 Å². The van der Waals surface area contributed by atoms with Crippen LogP contribution in [-0.2, 0) is 0 Å². The molecule has 4 aromatic rings. The smallest absolute Gasteiger partial charge is 0.225 e. The quantitative estimate of drug-likeness (QED) is 0.304. The van der Waals surface area contributed by atoms with Crippen molar-refractivity contribution in [3.05, 3.63) is 96.1 Å². The van der Waals surface area contributed by atoms with Crippen LogP contribution in [0.5, 0.6) is 0 Å². The molecule has 186 valence electrons. The molecule has 0 bridgehead atoms. The van der Waals surface area contributed by atoms with Gasteiger partial charge < -0.3 is 15.5 Å². The third kappa shape index (κ3) is 5.85. The zero-order chi connectivity index (χ0) is 24.7. The van der Waals surface area contributed by atoms with Gasteiger partial charge in [0.25, 0.3) is 0 Å². The fraction of sp³-hybridized carbons (Fsp3) is 0.355. The van der Waals surface area contributed by atoms with Crippen LogP contribution in [0.1, 0.15) is 42.7 Å². The van der Waals surface area contributed by atoms with Gasteiger partial charge in [0.05, 0.1) is 5.52 Å². The van der Waals surface area contributed by atoms with Crippen molar-refractivity contribution in [3.8, 4) is 0 Å². The zero-order valence-corrected chi connectivity index (χ0v) is 21.4. The van der Waals surface area contributed by atoms with Gasteiger partial charge in [0, 0.05) is 38.0 Å². The summed E-state index contributed by atoms with van der Waals surface area (Å²) in [6.45, 7) is 2.03. The molecule has 5 nitrogen and oxygen atoms in total. The number of nitrogens with one attached hydrogen (secondary N) is 2. The Balaban J connectivity index is 1.15. The lowest BCUT2D eigenvalue weighted by molar-refractivity contribution is 0.323. The molecule has 5 heteroatoms. The van der Waals surface area contributed by atoms with Gasteiger partial charge in [-0.05, 0) is 61.4 Å². The monoisotopic (exact) mass is 479 g/mol. The van der Waals surface area contributed by atoms with E-state index in [2.05, 4.69) is 88.3 Å². The molecule has 0 radical (unpaired) electrons. The van der Waals surface area contributed by atoms with Crippen molar-refractivity contribution in [3.63, 3.8) is 0 Å². The van der Waals surface area contributed by atoms with Crippen molar-refractivity contribution in [2.24, 2.45) is 5.92 Å². The summed E-state index contributed by atoms with van der Waals surface area (Å²) in [6.07, 6.45) is 4.75. The summed E-state index contributed by atoms with van der Waals surface area (Å²) < 4.78 is 0. The number of anilines is 2. The van der Waals surface area contributed by atoms with Crippen molar-refractivity contribution in [2.75, 3.05) is 37.4 Å². The molecule has 1 aromatic heterocycles.